The molecule has 3 aromatic rings. The predicted molar refractivity (Wildman–Crippen MR) is 72.7 cm³/mol. The molecule has 0 spiro atoms. The van der Waals surface area contributed by atoms with Gasteiger partial charge in [0.1, 0.15) is 11.2 Å². The summed E-state index contributed by atoms with van der Waals surface area (Å²) in [6.07, 6.45) is 0. The second-order valence-corrected chi connectivity index (χ2v) is 4.53. The second-order valence-electron chi connectivity index (χ2n) is 4.53. The van der Waals surface area contributed by atoms with Gasteiger partial charge >= 0.3 is 0 Å². The third-order valence-corrected chi connectivity index (χ3v) is 3.12. The Bertz CT molecular complexity index is 969. The van der Waals surface area contributed by atoms with Gasteiger partial charge in [-0.05, 0) is 18.2 Å². The molecule has 0 aliphatic rings. The van der Waals surface area contributed by atoms with Crippen molar-refractivity contribution in [3.05, 3.63) is 46.3 Å². The lowest BCUT2D eigenvalue weighted by Crippen LogP contribution is -2.10. The molecule has 22 heavy (non-hydrogen) atoms. The number of aromatic nitrogens is 2. The third kappa shape index (κ3) is 2.01. The van der Waals surface area contributed by atoms with Gasteiger partial charge in [-0.2, -0.15) is 0 Å². The molecular weight excluding hydrogens is 298 g/mol. The monoisotopic (exact) mass is 306 g/mol. The number of benzene rings is 2. The van der Waals surface area contributed by atoms with E-state index < -0.39 is 34.4 Å². The van der Waals surface area contributed by atoms with E-state index in [1.54, 1.807) is 0 Å². The largest absolute Gasteiger partial charge is 0.504 e. The third-order valence-electron chi connectivity index (χ3n) is 3.12. The average molecular weight is 306 g/mol. The van der Waals surface area contributed by atoms with Crippen molar-refractivity contribution < 1.29 is 24.1 Å². The number of rotatable bonds is 1. The van der Waals surface area contributed by atoms with E-state index in [0.29, 0.717) is 0 Å². The molecule has 0 amide bonds. The minimum atomic E-state index is -1.11. The van der Waals surface area contributed by atoms with Crippen LogP contribution >= 0.6 is 0 Å². The maximum Gasteiger partial charge on any atom is 0.262 e. The van der Waals surface area contributed by atoms with Gasteiger partial charge in [-0.15, -0.1) is 0 Å². The molecule has 1 aromatic heterocycles. The molecule has 0 aliphatic heterocycles. The molecule has 4 N–H and O–H groups in total. The fourth-order valence-corrected chi connectivity index (χ4v) is 2.04. The topological polar surface area (TPSA) is 106 Å². The summed E-state index contributed by atoms with van der Waals surface area (Å²) in [6, 6.07) is 3.91. The number of hydrogen-bond donors (Lipinski definition) is 4. The smallest absolute Gasteiger partial charge is 0.262 e. The van der Waals surface area contributed by atoms with Crippen LogP contribution in [0.3, 0.4) is 0 Å². The Labute approximate surface area is 120 Å². The minimum absolute atomic E-state index is 0.0825. The average Bonchev–Trinajstić information content (AvgIpc) is 2.47. The van der Waals surface area contributed by atoms with Crippen LogP contribution in [-0.2, 0) is 0 Å². The molecule has 0 saturated carbocycles. The van der Waals surface area contributed by atoms with Gasteiger partial charge < -0.3 is 20.3 Å². The number of hydrogen-bond acceptors (Lipinski definition) is 5. The standard InChI is InChI=1S/C14H8F2N2O4/c15-6-2-1-5(3-7(6)16)13-17-8-4-9(19)11(20)12(21)10(8)14(22)18-13/h1-4,19-21H,(H,17,18,22). The lowest BCUT2D eigenvalue weighted by molar-refractivity contribution is 0.371. The van der Waals surface area contributed by atoms with Crippen LogP contribution in [0.5, 0.6) is 17.2 Å². The van der Waals surface area contributed by atoms with E-state index in [2.05, 4.69) is 9.97 Å². The van der Waals surface area contributed by atoms with Gasteiger partial charge in [0.05, 0.1) is 5.52 Å². The van der Waals surface area contributed by atoms with Gasteiger partial charge in [-0.1, -0.05) is 0 Å². The number of nitrogens with one attached hydrogen (secondary N) is 1. The summed E-state index contributed by atoms with van der Waals surface area (Å²) in [5.74, 6) is -4.58. The van der Waals surface area contributed by atoms with E-state index in [9.17, 15) is 28.9 Å². The summed E-state index contributed by atoms with van der Waals surface area (Å²) < 4.78 is 26.2. The Morgan fingerprint density at radius 3 is 2.41 bits per heavy atom. The van der Waals surface area contributed by atoms with Crippen LogP contribution < -0.4 is 5.56 Å². The molecule has 0 unspecified atom stereocenters. The first-order chi connectivity index (χ1) is 10.4. The molecule has 6 nitrogen and oxygen atoms in total. The number of aromatic amines is 1. The fraction of sp³-hybridized carbons (Fsp3) is 0. The first kappa shape index (κ1) is 13.8. The zero-order chi connectivity index (χ0) is 16.0. The molecule has 0 saturated heterocycles. The summed E-state index contributed by atoms with van der Waals surface area (Å²) in [4.78, 5) is 18.2. The molecule has 2 aromatic carbocycles. The molecule has 0 aliphatic carbocycles. The Kier molecular flexibility index (Phi) is 2.94. The number of aromatic hydroxyl groups is 3. The molecule has 0 fully saturated rings. The molecule has 8 heteroatoms. The highest BCUT2D eigenvalue weighted by Crippen LogP contribution is 2.39. The van der Waals surface area contributed by atoms with Crippen molar-refractivity contribution >= 4 is 10.9 Å². The van der Waals surface area contributed by atoms with Crippen LogP contribution in [0, 0.1) is 11.6 Å². The van der Waals surface area contributed by atoms with Gasteiger partial charge in [-0.25, -0.2) is 13.8 Å². The quantitative estimate of drug-likeness (QED) is 0.514. The highest BCUT2D eigenvalue weighted by atomic mass is 19.2. The van der Waals surface area contributed by atoms with Crippen LogP contribution in [-0.4, -0.2) is 25.3 Å². The van der Waals surface area contributed by atoms with Crippen molar-refractivity contribution in [1.29, 1.82) is 0 Å². The molecule has 112 valence electrons. The van der Waals surface area contributed by atoms with E-state index in [4.69, 9.17) is 0 Å². The summed E-state index contributed by atoms with van der Waals surface area (Å²) in [7, 11) is 0. The van der Waals surface area contributed by atoms with E-state index in [0.717, 1.165) is 18.2 Å². The van der Waals surface area contributed by atoms with Crippen molar-refractivity contribution in [2.45, 2.75) is 0 Å². The second kappa shape index (κ2) is 4.69. The van der Waals surface area contributed by atoms with Crippen LogP contribution in [0.4, 0.5) is 8.78 Å². The maximum atomic E-state index is 13.3. The van der Waals surface area contributed by atoms with Crippen molar-refractivity contribution in [3.63, 3.8) is 0 Å². The Morgan fingerprint density at radius 1 is 1.00 bits per heavy atom. The van der Waals surface area contributed by atoms with Crippen molar-refractivity contribution in [2.24, 2.45) is 0 Å². The number of phenols is 3. The Morgan fingerprint density at radius 2 is 1.73 bits per heavy atom. The van der Waals surface area contributed by atoms with Crippen molar-refractivity contribution in [1.82, 2.24) is 9.97 Å². The SMILES string of the molecule is O=c1[nH]c(-c2ccc(F)c(F)c2)nc2cc(O)c(O)c(O)c12. The van der Waals surface area contributed by atoms with E-state index in [1.807, 2.05) is 0 Å². The molecular formula is C14H8F2N2O4. The lowest BCUT2D eigenvalue weighted by Gasteiger charge is -2.07. The molecule has 0 radical (unpaired) electrons. The van der Waals surface area contributed by atoms with E-state index in [1.165, 1.54) is 6.07 Å². The van der Waals surface area contributed by atoms with Gasteiger partial charge in [-0.3, -0.25) is 4.79 Å². The normalized spacial score (nSPS) is 11.0. The first-order valence-corrected chi connectivity index (χ1v) is 6.02. The minimum Gasteiger partial charge on any atom is -0.504 e. The Balaban J connectivity index is 2.31. The van der Waals surface area contributed by atoms with Crippen molar-refractivity contribution in [2.75, 3.05) is 0 Å². The van der Waals surface area contributed by atoms with Gasteiger partial charge in [0.25, 0.3) is 5.56 Å². The number of nitrogens with zero attached hydrogens (tertiary/aromatic N) is 1. The van der Waals surface area contributed by atoms with Crippen LogP contribution in [0.2, 0.25) is 0 Å². The highest BCUT2D eigenvalue weighted by molar-refractivity contribution is 5.89. The molecule has 0 bridgehead atoms. The number of fused-ring (bicyclic) bond motifs is 1. The Hall–Kier alpha value is -3.16. The zero-order valence-electron chi connectivity index (χ0n) is 10.8. The number of phenolic OH excluding ortho intramolecular Hbond substituents is 3. The highest BCUT2D eigenvalue weighted by Gasteiger charge is 2.17. The molecule has 0 atom stereocenters. The predicted octanol–water partition coefficient (Wildman–Crippen LogP) is 1.99. The zero-order valence-corrected chi connectivity index (χ0v) is 10.8. The van der Waals surface area contributed by atoms with Crippen LogP contribution in [0.15, 0.2) is 29.1 Å². The van der Waals surface area contributed by atoms with Gasteiger partial charge in [0.15, 0.2) is 23.1 Å². The molecule has 3 rings (SSSR count). The van der Waals surface area contributed by atoms with Gasteiger partial charge in [0, 0.05) is 11.6 Å². The summed E-state index contributed by atoms with van der Waals surface area (Å²) in [6.45, 7) is 0. The number of halogens is 2. The molecule has 1 heterocycles. The van der Waals surface area contributed by atoms with E-state index in [-0.39, 0.29) is 22.3 Å². The maximum absolute atomic E-state index is 13.3. The van der Waals surface area contributed by atoms with Gasteiger partial charge in [0.2, 0.25) is 5.75 Å². The van der Waals surface area contributed by atoms with Crippen LogP contribution in [0.25, 0.3) is 22.3 Å². The summed E-state index contributed by atoms with van der Waals surface area (Å²) in [5.41, 5.74) is -0.821. The lowest BCUT2D eigenvalue weighted by atomic mass is 10.1. The number of H-pyrrole nitrogens is 1. The van der Waals surface area contributed by atoms with E-state index >= 15 is 0 Å². The first-order valence-electron chi connectivity index (χ1n) is 6.02. The van der Waals surface area contributed by atoms with Crippen molar-refractivity contribution in [3.8, 4) is 28.6 Å². The van der Waals surface area contributed by atoms with Crippen LogP contribution in [0.1, 0.15) is 0 Å². The summed E-state index contributed by atoms with van der Waals surface area (Å²) in [5, 5.41) is 28.2. The summed E-state index contributed by atoms with van der Waals surface area (Å²) >= 11 is 0. The fourth-order valence-electron chi connectivity index (χ4n) is 2.04.